The molecule has 0 atom stereocenters. The van der Waals surface area contributed by atoms with E-state index < -0.39 is 0 Å². The Morgan fingerprint density at radius 3 is 2.54 bits per heavy atom. The van der Waals surface area contributed by atoms with Gasteiger partial charge in [-0.05, 0) is 36.2 Å². The lowest BCUT2D eigenvalue weighted by Gasteiger charge is -2.27. The van der Waals surface area contributed by atoms with E-state index in [0.717, 1.165) is 52.6 Å². The summed E-state index contributed by atoms with van der Waals surface area (Å²) in [4.78, 5) is 6.55. The number of rotatable bonds is 3. The third-order valence-corrected chi connectivity index (χ3v) is 7.91. The van der Waals surface area contributed by atoms with E-state index in [0.29, 0.717) is 0 Å². The van der Waals surface area contributed by atoms with Crippen LogP contribution >= 0.6 is 34.9 Å². The number of hydrogen-bond acceptors (Lipinski definition) is 6. The van der Waals surface area contributed by atoms with Crippen molar-refractivity contribution in [2.24, 2.45) is 0 Å². The van der Waals surface area contributed by atoms with Gasteiger partial charge in [0, 0.05) is 33.9 Å². The highest BCUT2D eigenvalue weighted by atomic mass is 127. The van der Waals surface area contributed by atoms with Gasteiger partial charge in [0.15, 0.2) is 13.1 Å². The molecule has 8 heteroatoms. The topological polar surface area (TPSA) is 24.7 Å². The molecular weight excluding hydrogens is 499 g/mol. The molecule has 3 aliphatic rings. The van der Waals surface area contributed by atoms with E-state index in [9.17, 15) is 0 Å². The zero-order valence-corrected chi connectivity index (χ0v) is 19.4. The summed E-state index contributed by atoms with van der Waals surface area (Å²) in [5, 5.41) is 2.71. The minimum Gasteiger partial charge on any atom is -1.00 e. The van der Waals surface area contributed by atoms with Crippen molar-refractivity contribution in [3.05, 3.63) is 34.1 Å². The Labute approximate surface area is 184 Å². The van der Waals surface area contributed by atoms with Crippen molar-refractivity contribution in [2.45, 2.75) is 0 Å². The molecule has 4 nitrogen and oxygen atoms in total. The van der Waals surface area contributed by atoms with E-state index in [-0.39, 0.29) is 24.0 Å². The van der Waals surface area contributed by atoms with Crippen LogP contribution in [0.3, 0.4) is 0 Å². The van der Waals surface area contributed by atoms with Crippen molar-refractivity contribution in [1.29, 1.82) is 0 Å². The molecule has 2 saturated heterocycles. The number of halogens is 1. The van der Waals surface area contributed by atoms with Gasteiger partial charge in [-0.3, -0.25) is 0 Å². The van der Waals surface area contributed by atoms with Gasteiger partial charge < -0.3 is 38.4 Å². The van der Waals surface area contributed by atoms with Crippen molar-refractivity contribution in [1.82, 2.24) is 0 Å². The van der Waals surface area contributed by atoms with E-state index in [2.05, 4.69) is 40.0 Å². The number of thiophene rings is 1. The number of anilines is 1. The van der Waals surface area contributed by atoms with Crippen LogP contribution in [0.2, 0.25) is 0 Å². The van der Waals surface area contributed by atoms with Crippen molar-refractivity contribution >= 4 is 49.8 Å². The highest BCUT2D eigenvalue weighted by Crippen LogP contribution is 2.43. The van der Waals surface area contributed by atoms with Crippen LogP contribution in [0.5, 0.6) is 0 Å². The fourth-order valence-electron chi connectivity index (χ4n) is 3.13. The Bertz CT molecular complexity index is 716. The Kier molecular flexibility index (Phi) is 7.95. The molecule has 0 aliphatic carbocycles. The molecule has 26 heavy (non-hydrogen) atoms. The number of nitrogens with zero attached hydrogens (tertiary/aromatic N) is 2. The average Bonchev–Trinajstić information content (AvgIpc) is 3.35. The Morgan fingerprint density at radius 1 is 1.08 bits per heavy atom. The Hall–Kier alpha value is -0.000000000000000222. The molecule has 0 bridgehead atoms. The zero-order chi connectivity index (χ0) is 17.1. The number of hydrogen-bond donors (Lipinski definition) is 0. The van der Waals surface area contributed by atoms with Gasteiger partial charge in [0.25, 0.3) is 0 Å². The lowest BCUT2D eigenvalue weighted by molar-refractivity contribution is -0.546. The first-order valence-electron chi connectivity index (χ1n) is 8.62. The molecule has 0 spiro atoms. The lowest BCUT2D eigenvalue weighted by atomic mass is 10.3. The normalized spacial score (nSPS) is 22.6. The second-order valence-electron chi connectivity index (χ2n) is 6.01. The molecule has 142 valence electrons. The van der Waals surface area contributed by atoms with Crippen LogP contribution in [0, 0.1) is 0 Å². The van der Waals surface area contributed by atoms with Crippen LogP contribution < -0.4 is 28.9 Å². The molecule has 0 saturated carbocycles. The van der Waals surface area contributed by atoms with Gasteiger partial charge in [-0.15, -0.1) is 23.1 Å². The molecule has 0 amide bonds. The fraction of sp³-hybridized carbons (Fsp3) is 0.500. The van der Waals surface area contributed by atoms with Gasteiger partial charge in [-0.1, -0.05) is 0 Å². The Morgan fingerprint density at radius 2 is 1.81 bits per heavy atom. The first kappa shape index (κ1) is 20.7. The molecule has 0 radical (unpaired) electrons. The standard InChI is InChI=1S/C18H23N2O2S3.HI/c1-23-18(14-2-4-16(24-14)19-6-10-21-11-7-19)15-3-5-17(25-15)20-8-12-22-13-9-20;/h2-5H,6-13H2,1H3;1H/q+1;/p-1. The van der Waals surface area contributed by atoms with E-state index >= 15 is 0 Å². The first-order chi connectivity index (χ1) is 12.3. The van der Waals surface area contributed by atoms with Crippen LogP contribution in [0.15, 0.2) is 29.2 Å². The maximum absolute atomic E-state index is 5.47. The predicted molar refractivity (Wildman–Crippen MR) is 110 cm³/mol. The quantitative estimate of drug-likeness (QED) is 0.422. The first-order valence-corrected chi connectivity index (χ1v) is 11.5. The van der Waals surface area contributed by atoms with Crippen molar-refractivity contribution < 1.29 is 38.0 Å². The maximum Gasteiger partial charge on any atom is 0.239 e. The summed E-state index contributed by atoms with van der Waals surface area (Å²) in [6.07, 6.45) is 6.71. The molecule has 0 aromatic carbocycles. The van der Waals surface area contributed by atoms with Crippen molar-refractivity contribution in [2.75, 3.05) is 63.8 Å². The smallest absolute Gasteiger partial charge is 0.239 e. The molecule has 0 N–H and O–H groups in total. The van der Waals surface area contributed by atoms with Crippen molar-refractivity contribution in [3.63, 3.8) is 0 Å². The summed E-state index contributed by atoms with van der Waals surface area (Å²) >= 11 is 5.64. The second-order valence-corrected chi connectivity index (χ2v) is 8.95. The van der Waals surface area contributed by atoms with Crippen LogP contribution in [0.25, 0.3) is 4.91 Å². The summed E-state index contributed by atoms with van der Waals surface area (Å²) in [6.45, 7) is 7.31. The summed E-state index contributed by atoms with van der Waals surface area (Å²) in [7, 11) is 0. The predicted octanol–water partition coefficient (Wildman–Crippen LogP) is 0.365. The van der Waals surface area contributed by atoms with Gasteiger partial charge in [-0.2, -0.15) is 0 Å². The minimum atomic E-state index is 0. The fourth-order valence-corrected chi connectivity index (χ4v) is 6.51. The van der Waals surface area contributed by atoms with E-state index in [1.165, 1.54) is 24.7 Å². The zero-order valence-electron chi connectivity index (χ0n) is 14.8. The molecule has 1 aromatic heterocycles. The average molecular weight is 522 g/mol. The van der Waals surface area contributed by atoms with Crippen LogP contribution in [-0.4, -0.2) is 68.5 Å². The minimum absolute atomic E-state index is 0. The number of morpholine rings is 2. The van der Waals surface area contributed by atoms with Crippen LogP contribution in [-0.2, 0) is 9.47 Å². The molecule has 4 rings (SSSR count). The van der Waals surface area contributed by atoms with Gasteiger partial charge in [0.05, 0.1) is 18.2 Å². The van der Waals surface area contributed by atoms with E-state index in [1.54, 1.807) is 0 Å². The summed E-state index contributed by atoms with van der Waals surface area (Å²) < 4.78 is 13.4. The van der Waals surface area contributed by atoms with E-state index in [1.807, 2.05) is 34.9 Å². The largest absolute Gasteiger partial charge is 1.00 e. The highest BCUT2D eigenvalue weighted by Gasteiger charge is 2.24. The molecule has 1 aromatic rings. The molecule has 0 unspecified atom stereocenters. The van der Waals surface area contributed by atoms with Gasteiger partial charge in [0.2, 0.25) is 5.04 Å². The highest BCUT2D eigenvalue weighted by molar-refractivity contribution is 8.19. The summed E-state index contributed by atoms with van der Waals surface area (Å²) in [5.41, 5.74) is 0. The van der Waals surface area contributed by atoms with Crippen LogP contribution in [0.4, 0.5) is 5.00 Å². The summed E-state index contributed by atoms with van der Waals surface area (Å²) in [5.74, 6) is 0. The van der Waals surface area contributed by atoms with Crippen molar-refractivity contribution in [3.8, 4) is 0 Å². The number of allylic oxidation sites excluding steroid dienone is 1. The second kappa shape index (κ2) is 9.97. The molecule has 4 heterocycles. The van der Waals surface area contributed by atoms with Gasteiger partial charge in [0.1, 0.15) is 13.2 Å². The number of ether oxygens (including phenoxy) is 2. The molecular formula is C18H23IN2O2S3. The molecule has 3 aliphatic heterocycles. The number of thioether (sulfide) groups is 2. The third kappa shape index (κ3) is 4.70. The lowest BCUT2D eigenvalue weighted by Crippen LogP contribution is -3.00. The summed E-state index contributed by atoms with van der Waals surface area (Å²) in [6, 6.07) is 4.54. The SMILES string of the molecule is CSC(=C1C=CC(=[N+]2CCOCC2)S1)c1ccc(N2CCOCC2)s1.[I-]. The van der Waals surface area contributed by atoms with Crippen LogP contribution in [0.1, 0.15) is 4.88 Å². The van der Waals surface area contributed by atoms with Gasteiger partial charge >= 0.3 is 0 Å². The van der Waals surface area contributed by atoms with E-state index in [4.69, 9.17) is 9.47 Å². The maximum atomic E-state index is 5.47. The third-order valence-electron chi connectivity index (χ3n) is 4.48. The van der Waals surface area contributed by atoms with Gasteiger partial charge in [-0.25, -0.2) is 4.58 Å². The Balaban J connectivity index is 0.00000196. The monoisotopic (exact) mass is 522 g/mol. The molecule has 2 fully saturated rings.